The summed E-state index contributed by atoms with van der Waals surface area (Å²) in [5, 5.41) is 0.473. The van der Waals surface area contributed by atoms with Crippen molar-refractivity contribution in [2.45, 2.75) is 6.42 Å². The molecule has 1 rings (SSSR count). The number of ether oxygens (including phenoxy) is 1. The molecule has 3 heteroatoms. The Hall–Kier alpha value is 0.110. The Bertz CT molecular complexity index is 108. The maximum atomic E-state index is 10.9. The molecule has 1 fully saturated rings. The Balaban J connectivity index is 2.32. The molecule has 2 nitrogen and oxygen atoms in total. The highest BCUT2D eigenvalue weighted by atomic mass is 79.9. The fourth-order valence-corrected chi connectivity index (χ4v) is 1.36. The minimum atomic E-state index is 0.171. The molecular weight excluding hydrogens is 184 g/mol. The van der Waals surface area contributed by atoms with Gasteiger partial charge in [0, 0.05) is 12.5 Å². The van der Waals surface area contributed by atoms with Crippen LogP contribution < -0.4 is 0 Å². The third-order valence-electron chi connectivity index (χ3n) is 1.52. The number of hydrogen-bond acceptors (Lipinski definition) is 2. The van der Waals surface area contributed by atoms with Crippen molar-refractivity contribution in [3.63, 3.8) is 0 Å². The van der Waals surface area contributed by atoms with E-state index in [9.17, 15) is 4.79 Å². The number of halogens is 1. The highest BCUT2D eigenvalue weighted by Crippen LogP contribution is 2.13. The molecule has 0 N–H and O–H groups in total. The first-order valence-corrected chi connectivity index (χ1v) is 4.13. The molecule has 1 aliphatic rings. The molecule has 1 saturated heterocycles. The number of carbonyl (C=O) groups is 1. The van der Waals surface area contributed by atoms with Crippen molar-refractivity contribution in [1.82, 2.24) is 0 Å². The average Bonchev–Trinajstić information content (AvgIpc) is 2.37. The van der Waals surface area contributed by atoms with Gasteiger partial charge in [0.1, 0.15) is 5.78 Å². The maximum absolute atomic E-state index is 10.9. The molecule has 0 spiro atoms. The summed E-state index contributed by atoms with van der Waals surface area (Å²) in [6, 6.07) is 0. The number of hydrogen-bond donors (Lipinski definition) is 0. The molecule has 9 heavy (non-hydrogen) atoms. The van der Waals surface area contributed by atoms with Crippen LogP contribution >= 0.6 is 15.9 Å². The first-order valence-electron chi connectivity index (χ1n) is 3.01. The second-order valence-corrected chi connectivity index (χ2v) is 2.72. The zero-order chi connectivity index (χ0) is 6.69. The van der Waals surface area contributed by atoms with Crippen LogP contribution in [0, 0.1) is 5.92 Å². The van der Waals surface area contributed by atoms with Crippen molar-refractivity contribution in [1.29, 1.82) is 0 Å². The highest BCUT2D eigenvalue weighted by Gasteiger charge is 2.21. The molecule has 0 aliphatic carbocycles. The van der Waals surface area contributed by atoms with Gasteiger partial charge in [-0.05, 0) is 6.42 Å². The number of carbonyl (C=O) groups excluding carboxylic acids is 1. The number of rotatable bonds is 2. The molecule has 1 heterocycles. The fourth-order valence-electron chi connectivity index (χ4n) is 0.898. The van der Waals surface area contributed by atoms with Crippen molar-refractivity contribution >= 4 is 21.7 Å². The predicted molar refractivity (Wildman–Crippen MR) is 37.7 cm³/mol. The third kappa shape index (κ3) is 1.76. The zero-order valence-corrected chi connectivity index (χ0v) is 6.69. The number of Topliss-reactive ketones (excluding diaryl/α,β-unsaturated/α-hetero) is 1. The Labute approximate surface area is 62.7 Å². The van der Waals surface area contributed by atoms with E-state index in [0.29, 0.717) is 11.9 Å². The van der Waals surface area contributed by atoms with E-state index < -0.39 is 0 Å². The van der Waals surface area contributed by atoms with Crippen LogP contribution in [0.5, 0.6) is 0 Å². The van der Waals surface area contributed by atoms with Gasteiger partial charge < -0.3 is 4.74 Å². The quantitative estimate of drug-likeness (QED) is 0.611. The van der Waals surface area contributed by atoms with Crippen LogP contribution in [0.3, 0.4) is 0 Å². The van der Waals surface area contributed by atoms with E-state index in [2.05, 4.69) is 15.9 Å². The van der Waals surface area contributed by atoms with E-state index in [4.69, 9.17) is 4.74 Å². The van der Waals surface area contributed by atoms with Gasteiger partial charge in [-0.15, -0.1) is 0 Å². The number of ketones is 1. The molecule has 1 aliphatic heterocycles. The lowest BCUT2D eigenvalue weighted by Gasteiger charge is -2.00. The lowest BCUT2D eigenvalue weighted by Crippen LogP contribution is -2.14. The fraction of sp³-hybridized carbons (Fsp3) is 0.833. The van der Waals surface area contributed by atoms with E-state index in [1.165, 1.54) is 0 Å². The summed E-state index contributed by atoms with van der Waals surface area (Å²) in [5.74, 6) is 0.442. The summed E-state index contributed by atoms with van der Waals surface area (Å²) in [7, 11) is 0. The van der Waals surface area contributed by atoms with Gasteiger partial charge in [-0.25, -0.2) is 0 Å². The minimum absolute atomic E-state index is 0.171. The van der Waals surface area contributed by atoms with E-state index >= 15 is 0 Å². The number of alkyl halides is 1. The van der Waals surface area contributed by atoms with Crippen LogP contribution in [0.25, 0.3) is 0 Å². The van der Waals surface area contributed by atoms with Gasteiger partial charge in [0.15, 0.2) is 0 Å². The summed E-state index contributed by atoms with van der Waals surface area (Å²) in [5.41, 5.74) is 0. The first kappa shape index (κ1) is 7.22. The topological polar surface area (TPSA) is 26.3 Å². The molecular formula is C6H9BrO2. The van der Waals surface area contributed by atoms with Crippen molar-refractivity contribution in [2.24, 2.45) is 5.92 Å². The van der Waals surface area contributed by atoms with Crippen molar-refractivity contribution in [3.8, 4) is 0 Å². The smallest absolute Gasteiger partial charge is 0.148 e. The predicted octanol–water partition coefficient (Wildman–Crippen LogP) is 0.987. The van der Waals surface area contributed by atoms with Gasteiger partial charge in [0.25, 0.3) is 0 Å². The largest absolute Gasteiger partial charge is 0.381 e. The zero-order valence-electron chi connectivity index (χ0n) is 5.10. The van der Waals surface area contributed by atoms with E-state index in [1.54, 1.807) is 0 Å². The Morgan fingerprint density at radius 2 is 2.56 bits per heavy atom. The molecule has 0 bridgehead atoms. The van der Waals surface area contributed by atoms with Gasteiger partial charge in [-0.1, -0.05) is 15.9 Å². The van der Waals surface area contributed by atoms with Crippen LogP contribution in [-0.4, -0.2) is 24.3 Å². The standard InChI is InChI=1S/C6H9BrO2/c7-3-6(8)5-1-2-9-4-5/h5H,1-4H2/t5-/m0/s1. The van der Waals surface area contributed by atoms with Crippen molar-refractivity contribution < 1.29 is 9.53 Å². The molecule has 1 atom stereocenters. The van der Waals surface area contributed by atoms with E-state index in [1.807, 2.05) is 0 Å². The molecule has 52 valence electrons. The second kappa shape index (κ2) is 3.32. The van der Waals surface area contributed by atoms with Crippen LogP contribution in [0.4, 0.5) is 0 Å². The molecule has 0 aromatic rings. The third-order valence-corrected chi connectivity index (χ3v) is 2.07. The molecule has 0 saturated carbocycles. The van der Waals surface area contributed by atoms with Gasteiger partial charge in [-0.3, -0.25) is 4.79 Å². The first-order chi connectivity index (χ1) is 4.34. The lowest BCUT2D eigenvalue weighted by molar-refractivity contribution is -0.120. The Kier molecular flexibility index (Phi) is 2.66. The normalized spacial score (nSPS) is 26.6. The summed E-state index contributed by atoms with van der Waals surface area (Å²) >= 11 is 3.12. The summed E-state index contributed by atoms with van der Waals surface area (Å²) in [6.07, 6.45) is 0.907. The molecule has 0 radical (unpaired) electrons. The summed E-state index contributed by atoms with van der Waals surface area (Å²) < 4.78 is 5.04. The van der Waals surface area contributed by atoms with Crippen molar-refractivity contribution in [2.75, 3.05) is 18.5 Å². The van der Waals surface area contributed by atoms with Crippen LogP contribution in [0.2, 0.25) is 0 Å². The average molecular weight is 193 g/mol. The van der Waals surface area contributed by atoms with Crippen LogP contribution in [0.1, 0.15) is 6.42 Å². The molecule has 0 aromatic heterocycles. The molecule has 0 amide bonds. The summed E-state index contributed by atoms with van der Waals surface area (Å²) in [6.45, 7) is 1.38. The lowest BCUT2D eigenvalue weighted by atomic mass is 10.1. The second-order valence-electron chi connectivity index (χ2n) is 2.16. The van der Waals surface area contributed by atoms with Gasteiger partial charge >= 0.3 is 0 Å². The Morgan fingerprint density at radius 1 is 1.78 bits per heavy atom. The van der Waals surface area contributed by atoms with E-state index in [0.717, 1.165) is 13.0 Å². The van der Waals surface area contributed by atoms with E-state index in [-0.39, 0.29) is 11.7 Å². The summed E-state index contributed by atoms with van der Waals surface area (Å²) in [4.78, 5) is 10.9. The van der Waals surface area contributed by atoms with Gasteiger partial charge in [-0.2, -0.15) is 0 Å². The van der Waals surface area contributed by atoms with Crippen LogP contribution in [-0.2, 0) is 9.53 Å². The van der Waals surface area contributed by atoms with Crippen LogP contribution in [0.15, 0.2) is 0 Å². The van der Waals surface area contributed by atoms with Gasteiger partial charge in [0.05, 0.1) is 11.9 Å². The highest BCUT2D eigenvalue weighted by molar-refractivity contribution is 9.09. The monoisotopic (exact) mass is 192 g/mol. The van der Waals surface area contributed by atoms with Gasteiger partial charge in [0.2, 0.25) is 0 Å². The minimum Gasteiger partial charge on any atom is -0.381 e. The SMILES string of the molecule is O=C(CBr)[C@H]1CCOC1. The molecule has 0 unspecified atom stereocenters. The molecule has 0 aromatic carbocycles. The maximum Gasteiger partial charge on any atom is 0.148 e. The van der Waals surface area contributed by atoms with Crippen molar-refractivity contribution in [3.05, 3.63) is 0 Å². The Morgan fingerprint density at radius 3 is 3.00 bits per heavy atom.